The fourth-order valence-electron chi connectivity index (χ4n) is 3.36. The van der Waals surface area contributed by atoms with E-state index in [1.54, 1.807) is 0 Å². The summed E-state index contributed by atoms with van der Waals surface area (Å²) in [5.74, 6) is 1.62. The number of hydrogen-bond donors (Lipinski definition) is 0. The molecule has 1 saturated carbocycles. The van der Waals surface area contributed by atoms with Gasteiger partial charge in [0, 0.05) is 11.6 Å². The quantitative estimate of drug-likeness (QED) is 0.623. The molecule has 1 aliphatic carbocycles. The van der Waals surface area contributed by atoms with Crippen LogP contribution < -0.4 is 4.57 Å². The summed E-state index contributed by atoms with van der Waals surface area (Å²) < 4.78 is 7.72. The van der Waals surface area contributed by atoms with Crippen molar-refractivity contribution in [2.75, 3.05) is 0 Å². The fourth-order valence-corrected chi connectivity index (χ4v) is 3.36. The molecule has 0 amide bonds. The Labute approximate surface area is 140 Å². The van der Waals surface area contributed by atoms with Gasteiger partial charge < -0.3 is 4.74 Å². The van der Waals surface area contributed by atoms with Crippen molar-refractivity contribution in [2.45, 2.75) is 59.6 Å². The normalized spacial score (nSPS) is 24.7. The Morgan fingerprint density at radius 2 is 2.14 bits per heavy atom. The van der Waals surface area contributed by atoms with Crippen molar-refractivity contribution in [2.24, 2.45) is 17.8 Å². The summed E-state index contributed by atoms with van der Waals surface area (Å²) in [6.45, 7) is 9.05. The number of carbonyl (C=O) groups excluding carboxylic acids is 1. The van der Waals surface area contributed by atoms with Gasteiger partial charge in [-0.25, -0.2) is 4.79 Å². The highest BCUT2D eigenvalue weighted by Gasteiger charge is 2.33. The van der Waals surface area contributed by atoms with Gasteiger partial charge in [-0.05, 0) is 43.6 Å². The van der Waals surface area contributed by atoms with Gasteiger partial charge in [0.1, 0.15) is 6.10 Å². The molecule has 0 spiro atoms. The van der Waals surface area contributed by atoms with Crippen LogP contribution in [0, 0.1) is 24.7 Å². The number of esters is 1. The summed E-state index contributed by atoms with van der Waals surface area (Å²) in [5, 5.41) is 0. The zero-order valence-corrected chi connectivity index (χ0v) is 14.9. The molecule has 3 nitrogen and oxygen atoms in total. The predicted molar refractivity (Wildman–Crippen MR) is 89.8 cm³/mol. The minimum absolute atomic E-state index is 0. The molecule has 1 aliphatic rings. The molecule has 3 unspecified atom stereocenters. The highest BCUT2D eigenvalue weighted by Crippen LogP contribution is 2.35. The average Bonchev–Trinajstić information content (AvgIpc) is 2.38. The van der Waals surface area contributed by atoms with Gasteiger partial charge in [-0.1, -0.05) is 27.2 Å². The number of aromatic nitrogens is 1. The monoisotopic (exact) mass is 326 g/mol. The SMILES string of the molecule is Cc1ccc[n+](CC(=O)OC2CC(C)CCC2C(C)C)c1.Cl. The van der Waals surface area contributed by atoms with Gasteiger partial charge in [0.2, 0.25) is 6.54 Å². The van der Waals surface area contributed by atoms with Crippen molar-refractivity contribution < 1.29 is 14.1 Å². The number of carbonyl (C=O) groups is 1. The molecule has 0 N–H and O–H groups in total. The third-order valence-corrected chi connectivity index (χ3v) is 4.56. The van der Waals surface area contributed by atoms with Crippen molar-refractivity contribution in [3.8, 4) is 0 Å². The molecule has 4 heteroatoms. The lowest BCUT2D eigenvalue weighted by Crippen LogP contribution is -2.42. The highest BCUT2D eigenvalue weighted by atomic mass is 35.5. The molecule has 22 heavy (non-hydrogen) atoms. The van der Waals surface area contributed by atoms with Gasteiger partial charge in [-0.15, -0.1) is 12.4 Å². The predicted octanol–water partition coefficient (Wildman–Crippen LogP) is 3.71. The maximum absolute atomic E-state index is 12.2. The van der Waals surface area contributed by atoms with Crippen molar-refractivity contribution in [3.63, 3.8) is 0 Å². The number of hydrogen-bond acceptors (Lipinski definition) is 2. The average molecular weight is 327 g/mol. The van der Waals surface area contributed by atoms with E-state index < -0.39 is 0 Å². The van der Waals surface area contributed by atoms with Gasteiger partial charge in [0.05, 0.1) is 0 Å². The zero-order valence-electron chi connectivity index (χ0n) is 14.1. The summed E-state index contributed by atoms with van der Waals surface area (Å²) in [7, 11) is 0. The Morgan fingerprint density at radius 3 is 2.77 bits per heavy atom. The van der Waals surface area contributed by atoms with E-state index in [4.69, 9.17) is 4.74 Å². The second-order valence-corrected chi connectivity index (χ2v) is 6.91. The zero-order chi connectivity index (χ0) is 15.4. The maximum Gasteiger partial charge on any atom is 0.372 e. The molecule has 0 aromatic carbocycles. The van der Waals surface area contributed by atoms with Crippen molar-refractivity contribution in [1.29, 1.82) is 0 Å². The smallest absolute Gasteiger partial charge is 0.372 e. The highest BCUT2D eigenvalue weighted by molar-refractivity contribution is 5.85. The second-order valence-electron chi connectivity index (χ2n) is 6.91. The third-order valence-electron chi connectivity index (χ3n) is 4.56. The van der Waals surface area contributed by atoms with Crippen molar-refractivity contribution in [3.05, 3.63) is 30.1 Å². The Kier molecular flexibility index (Phi) is 7.34. The van der Waals surface area contributed by atoms with E-state index in [1.165, 1.54) is 12.8 Å². The van der Waals surface area contributed by atoms with Gasteiger partial charge in [0.25, 0.3) is 0 Å². The molecule has 0 saturated heterocycles. The van der Waals surface area contributed by atoms with Gasteiger partial charge in [-0.2, -0.15) is 4.57 Å². The number of rotatable bonds is 4. The number of halogens is 1. The fraction of sp³-hybridized carbons (Fsp3) is 0.667. The largest absolute Gasteiger partial charge is 0.457 e. The number of nitrogens with zero attached hydrogens (tertiary/aromatic N) is 1. The first kappa shape index (κ1) is 19.0. The lowest BCUT2D eigenvalue weighted by molar-refractivity contribution is -0.686. The van der Waals surface area contributed by atoms with Crippen LogP contribution in [0.25, 0.3) is 0 Å². The molecule has 0 radical (unpaired) electrons. The molecule has 1 heterocycles. The Hall–Kier alpha value is -1.09. The number of ether oxygens (including phenoxy) is 1. The third kappa shape index (κ3) is 5.28. The van der Waals surface area contributed by atoms with Crippen LogP contribution in [0.1, 0.15) is 45.6 Å². The molecule has 0 bridgehead atoms. The standard InChI is InChI=1S/C18H28NO2.ClH/c1-13(2)16-8-7-14(3)10-17(16)21-18(20)12-19-9-5-6-15(4)11-19;/h5-6,9,11,13-14,16-17H,7-8,10,12H2,1-4H3;1H/q+1;. The Morgan fingerprint density at radius 1 is 1.41 bits per heavy atom. The Bertz CT molecular complexity index is 490. The molecule has 3 atom stereocenters. The van der Waals surface area contributed by atoms with Crippen LogP contribution in [0.15, 0.2) is 24.5 Å². The molecular formula is C18H29ClNO2+. The van der Waals surface area contributed by atoms with Crippen LogP contribution in [0.5, 0.6) is 0 Å². The molecule has 1 aromatic heterocycles. The van der Waals surface area contributed by atoms with Crippen LogP contribution in [0.3, 0.4) is 0 Å². The van der Waals surface area contributed by atoms with Crippen LogP contribution >= 0.6 is 12.4 Å². The van der Waals surface area contributed by atoms with E-state index in [9.17, 15) is 4.79 Å². The molecule has 124 valence electrons. The molecular weight excluding hydrogens is 298 g/mol. The van der Waals surface area contributed by atoms with E-state index in [-0.39, 0.29) is 24.5 Å². The first-order valence-corrected chi connectivity index (χ1v) is 8.11. The second kappa shape index (κ2) is 8.52. The minimum Gasteiger partial charge on any atom is -0.457 e. The molecule has 2 rings (SSSR count). The molecule has 1 fully saturated rings. The van der Waals surface area contributed by atoms with Crippen molar-refractivity contribution in [1.82, 2.24) is 0 Å². The van der Waals surface area contributed by atoms with E-state index in [0.717, 1.165) is 12.0 Å². The van der Waals surface area contributed by atoms with Crippen LogP contribution in [0.2, 0.25) is 0 Å². The maximum atomic E-state index is 12.2. The van der Waals surface area contributed by atoms with Gasteiger partial charge in [0.15, 0.2) is 12.4 Å². The summed E-state index contributed by atoms with van der Waals surface area (Å²) in [4.78, 5) is 12.2. The van der Waals surface area contributed by atoms with E-state index in [2.05, 4.69) is 20.8 Å². The van der Waals surface area contributed by atoms with Gasteiger partial charge in [-0.3, -0.25) is 0 Å². The van der Waals surface area contributed by atoms with Crippen LogP contribution in [-0.4, -0.2) is 12.1 Å². The van der Waals surface area contributed by atoms with Crippen LogP contribution in [0.4, 0.5) is 0 Å². The summed E-state index contributed by atoms with van der Waals surface area (Å²) in [6.07, 6.45) is 7.42. The van der Waals surface area contributed by atoms with E-state index in [1.807, 2.05) is 36.0 Å². The number of aryl methyl sites for hydroxylation is 1. The summed E-state index contributed by atoms with van der Waals surface area (Å²) >= 11 is 0. The molecule has 0 aliphatic heterocycles. The van der Waals surface area contributed by atoms with Crippen LogP contribution in [-0.2, 0) is 16.1 Å². The molecule has 1 aromatic rings. The minimum atomic E-state index is -0.115. The van der Waals surface area contributed by atoms with E-state index in [0.29, 0.717) is 24.3 Å². The first-order chi connectivity index (χ1) is 9.95. The summed E-state index contributed by atoms with van der Waals surface area (Å²) in [6, 6.07) is 3.99. The summed E-state index contributed by atoms with van der Waals surface area (Å²) in [5.41, 5.74) is 1.15. The first-order valence-electron chi connectivity index (χ1n) is 8.11. The number of pyridine rings is 1. The topological polar surface area (TPSA) is 30.2 Å². The Balaban J connectivity index is 0.00000242. The lowest BCUT2D eigenvalue weighted by Gasteiger charge is -2.36. The van der Waals surface area contributed by atoms with Gasteiger partial charge >= 0.3 is 5.97 Å². The van der Waals surface area contributed by atoms with E-state index >= 15 is 0 Å². The lowest BCUT2D eigenvalue weighted by atomic mass is 9.75. The van der Waals surface area contributed by atoms with Crippen molar-refractivity contribution >= 4 is 18.4 Å².